The smallest absolute Gasteiger partial charge is 0.262 e. The van der Waals surface area contributed by atoms with Crippen LogP contribution < -0.4 is 5.32 Å². The Kier molecular flexibility index (Phi) is 6.68. The average Bonchev–Trinajstić information content (AvgIpc) is 3.11. The number of hydrogen-bond donors (Lipinski definition) is 1. The zero-order chi connectivity index (χ0) is 22.0. The summed E-state index contributed by atoms with van der Waals surface area (Å²) >= 11 is 7.96. The minimum absolute atomic E-state index is 0.0926. The van der Waals surface area contributed by atoms with Gasteiger partial charge in [0.25, 0.3) is 5.91 Å². The Balaban J connectivity index is 1.54. The van der Waals surface area contributed by atoms with E-state index in [-0.39, 0.29) is 17.4 Å². The number of fused-ring (bicyclic) bond motifs is 1. The van der Waals surface area contributed by atoms with Gasteiger partial charge in [-0.3, -0.25) is 9.69 Å². The van der Waals surface area contributed by atoms with E-state index in [4.69, 9.17) is 16.3 Å². The second-order valence-corrected chi connectivity index (χ2v) is 10.4. The van der Waals surface area contributed by atoms with Crippen LogP contribution in [-0.4, -0.2) is 43.7 Å². The second kappa shape index (κ2) is 9.29. The first-order chi connectivity index (χ1) is 14.8. The van der Waals surface area contributed by atoms with E-state index in [1.54, 1.807) is 0 Å². The molecular formula is C25H29ClN2O2S. The Bertz CT molecular complexity index is 1050. The van der Waals surface area contributed by atoms with Gasteiger partial charge in [0.2, 0.25) is 0 Å². The van der Waals surface area contributed by atoms with E-state index >= 15 is 0 Å². The monoisotopic (exact) mass is 456 g/mol. The lowest BCUT2D eigenvalue weighted by Gasteiger charge is -2.35. The van der Waals surface area contributed by atoms with Gasteiger partial charge < -0.3 is 10.1 Å². The number of thiophene rings is 1. The molecule has 1 aliphatic rings. The highest BCUT2D eigenvalue weighted by molar-refractivity contribution is 7.21. The molecule has 164 valence electrons. The Morgan fingerprint density at radius 1 is 1.13 bits per heavy atom. The van der Waals surface area contributed by atoms with Crippen molar-refractivity contribution in [3.63, 3.8) is 0 Å². The summed E-state index contributed by atoms with van der Waals surface area (Å²) in [5, 5.41) is 4.62. The van der Waals surface area contributed by atoms with Gasteiger partial charge in [0.1, 0.15) is 4.88 Å². The fourth-order valence-corrected chi connectivity index (χ4v) is 5.42. The van der Waals surface area contributed by atoms with E-state index < -0.39 is 0 Å². The van der Waals surface area contributed by atoms with Crippen LogP contribution in [0.4, 0.5) is 0 Å². The molecule has 2 aromatic carbocycles. The zero-order valence-electron chi connectivity index (χ0n) is 18.3. The van der Waals surface area contributed by atoms with Crippen LogP contribution >= 0.6 is 22.9 Å². The van der Waals surface area contributed by atoms with Gasteiger partial charge in [-0.25, -0.2) is 0 Å². The van der Waals surface area contributed by atoms with Crippen LogP contribution in [0.5, 0.6) is 0 Å². The predicted octanol–water partition coefficient (Wildman–Crippen LogP) is 5.66. The second-order valence-electron chi connectivity index (χ2n) is 8.99. The van der Waals surface area contributed by atoms with Crippen LogP contribution in [0.2, 0.25) is 5.02 Å². The number of benzene rings is 2. The number of halogens is 1. The van der Waals surface area contributed by atoms with Crippen LogP contribution in [0.25, 0.3) is 10.1 Å². The minimum atomic E-state index is -0.115. The van der Waals surface area contributed by atoms with Gasteiger partial charge in [-0.1, -0.05) is 74.8 Å². The van der Waals surface area contributed by atoms with Gasteiger partial charge in [0.15, 0.2) is 0 Å². The Morgan fingerprint density at radius 3 is 2.45 bits per heavy atom. The topological polar surface area (TPSA) is 41.6 Å². The van der Waals surface area contributed by atoms with Crippen LogP contribution in [0, 0.1) is 0 Å². The van der Waals surface area contributed by atoms with Crippen molar-refractivity contribution in [1.82, 2.24) is 10.2 Å². The number of carbonyl (C=O) groups is 1. The third-order valence-electron chi connectivity index (χ3n) is 5.85. The van der Waals surface area contributed by atoms with Crippen LogP contribution in [-0.2, 0) is 10.2 Å². The molecular weight excluding hydrogens is 428 g/mol. The highest BCUT2D eigenvalue weighted by Crippen LogP contribution is 2.35. The van der Waals surface area contributed by atoms with Crippen molar-refractivity contribution >= 4 is 38.9 Å². The molecule has 0 aliphatic carbocycles. The molecule has 6 heteroatoms. The van der Waals surface area contributed by atoms with Crippen molar-refractivity contribution in [2.45, 2.75) is 32.2 Å². The molecule has 1 aliphatic heterocycles. The van der Waals surface area contributed by atoms with E-state index in [0.29, 0.717) is 29.7 Å². The molecule has 4 nitrogen and oxygen atoms in total. The van der Waals surface area contributed by atoms with Gasteiger partial charge >= 0.3 is 0 Å². The fourth-order valence-electron chi connectivity index (χ4n) is 3.98. The Labute approximate surface area is 193 Å². The van der Waals surface area contributed by atoms with Crippen molar-refractivity contribution in [2.24, 2.45) is 0 Å². The molecule has 1 amide bonds. The summed E-state index contributed by atoms with van der Waals surface area (Å²) in [6.45, 7) is 10.3. The molecule has 1 atom stereocenters. The van der Waals surface area contributed by atoms with Gasteiger partial charge in [0, 0.05) is 29.7 Å². The van der Waals surface area contributed by atoms with Crippen LogP contribution in [0.3, 0.4) is 0 Å². The van der Waals surface area contributed by atoms with E-state index in [9.17, 15) is 4.79 Å². The van der Waals surface area contributed by atoms with Gasteiger partial charge in [-0.05, 0) is 22.6 Å². The molecule has 1 fully saturated rings. The summed E-state index contributed by atoms with van der Waals surface area (Å²) in [5.74, 6) is -0.115. The summed E-state index contributed by atoms with van der Waals surface area (Å²) in [6.07, 6.45) is 0. The number of morpholine rings is 1. The molecule has 0 radical (unpaired) electrons. The SMILES string of the molecule is CC(C)(C)c1ccc(C(CNC(=O)c2sc3ccccc3c2Cl)N2CCOCC2)cc1. The third-order valence-corrected chi connectivity index (χ3v) is 7.52. The number of carbonyl (C=O) groups excluding carboxylic acids is 1. The number of nitrogens with one attached hydrogen (secondary N) is 1. The molecule has 31 heavy (non-hydrogen) atoms. The van der Waals surface area contributed by atoms with Gasteiger partial charge in [0.05, 0.1) is 24.3 Å². The predicted molar refractivity (Wildman–Crippen MR) is 129 cm³/mol. The normalized spacial score (nSPS) is 16.4. The largest absolute Gasteiger partial charge is 0.379 e. The average molecular weight is 457 g/mol. The Hall–Kier alpha value is -1.92. The fraction of sp³-hybridized carbons (Fsp3) is 0.400. The number of hydrogen-bond acceptors (Lipinski definition) is 4. The van der Waals surface area contributed by atoms with E-state index in [1.165, 1.54) is 22.5 Å². The molecule has 1 unspecified atom stereocenters. The first-order valence-corrected chi connectivity index (χ1v) is 11.9. The molecule has 0 spiro atoms. The van der Waals surface area contributed by atoms with Crippen molar-refractivity contribution in [3.05, 3.63) is 69.6 Å². The lowest BCUT2D eigenvalue weighted by molar-refractivity contribution is 0.0162. The summed E-state index contributed by atoms with van der Waals surface area (Å²) in [5.41, 5.74) is 2.62. The lowest BCUT2D eigenvalue weighted by atomic mass is 9.86. The molecule has 0 saturated carbocycles. The third kappa shape index (κ3) is 4.96. The molecule has 1 aromatic heterocycles. The summed E-state index contributed by atoms with van der Waals surface area (Å²) in [4.78, 5) is 16.0. The molecule has 1 saturated heterocycles. The number of nitrogens with zero attached hydrogens (tertiary/aromatic N) is 1. The standard InChI is InChI=1S/C25H29ClN2O2S/c1-25(2,3)18-10-8-17(9-11-18)20(28-12-14-30-15-13-28)16-27-24(29)23-22(26)19-6-4-5-7-21(19)31-23/h4-11,20H,12-16H2,1-3H3,(H,27,29). The Morgan fingerprint density at radius 2 is 1.81 bits per heavy atom. The number of rotatable bonds is 5. The molecule has 0 bridgehead atoms. The maximum absolute atomic E-state index is 13.0. The first-order valence-electron chi connectivity index (χ1n) is 10.7. The van der Waals surface area contributed by atoms with Crippen LogP contribution in [0.1, 0.15) is 47.6 Å². The van der Waals surface area contributed by atoms with E-state index in [2.05, 4.69) is 55.3 Å². The minimum Gasteiger partial charge on any atom is -0.379 e. The molecule has 3 aromatic rings. The van der Waals surface area contributed by atoms with Gasteiger partial charge in [-0.2, -0.15) is 0 Å². The maximum atomic E-state index is 13.0. The van der Waals surface area contributed by atoms with Crippen molar-refractivity contribution in [3.8, 4) is 0 Å². The lowest BCUT2D eigenvalue weighted by Crippen LogP contribution is -2.43. The van der Waals surface area contributed by atoms with E-state index in [1.807, 2.05) is 24.3 Å². The van der Waals surface area contributed by atoms with Crippen molar-refractivity contribution < 1.29 is 9.53 Å². The summed E-state index contributed by atoms with van der Waals surface area (Å²) < 4.78 is 6.58. The number of amides is 1. The highest BCUT2D eigenvalue weighted by atomic mass is 35.5. The molecule has 1 N–H and O–H groups in total. The van der Waals surface area contributed by atoms with Crippen LogP contribution in [0.15, 0.2) is 48.5 Å². The maximum Gasteiger partial charge on any atom is 0.262 e. The number of ether oxygens (including phenoxy) is 1. The summed E-state index contributed by atoms with van der Waals surface area (Å²) in [7, 11) is 0. The quantitative estimate of drug-likeness (QED) is 0.539. The van der Waals surface area contributed by atoms with E-state index in [0.717, 1.165) is 23.2 Å². The highest BCUT2D eigenvalue weighted by Gasteiger charge is 2.25. The van der Waals surface area contributed by atoms with Crippen molar-refractivity contribution in [1.29, 1.82) is 0 Å². The van der Waals surface area contributed by atoms with Gasteiger partial charge in [-0.15, -0.1) is 11.3 Å². The zero-order valence-corrected chi connectivity index (χ0v) is 19.9. The first kappa shape index (κ1) is 22.3. The summed E-state index contributed by atoms with van der Waals surface area (Å²) in [6, 6.07) is 16.7. The van der Waals surface area contributed by atoms with Crippen molar-refractivity contribution in [2.75, 3.05) is 32.8 Å². The molecule has 2 heterocycles. The molecule has 4 rings (SSSR count).